The van der Waals surface area contributed by atoms with Crippen LogP contribution < -0.4 is 5.73 Å². The molecule has 1 fully saturated rings. The number of fused-ring (bicyclic) bond motifs is 1. The van der Waals surface area contributed by atoms with Gasteiger partial charge in [0.15, 0.2) is 11.5 Å². The van der Waals surface area contributed by atoms with Gasteiger partial charge in [-0.15, -0.1) is 0 Å². The molecular formula is C30H54N5O4PS. The summed E-state index contributed by atoms with van der Waals surface area (Å²) in [7, 11) is -3.79. The van der Waals surface area contributed by atoms with Crippen molar-refractivity contribution in [3.8, 4) is 0 Å². The van der Waals surface area contributed by atoms with Crippen LogP contribution in [0.5, 0.6) is 0 Å². The highest BCUT2D eigenvalue weighted by molar-refractivity contribution is 7.99. The van der Waals surface area contributed by atoms with E-state index in [4.69, 9.17) is 15.0 Å². The molecule has 0 aliphatic heterocycles. The highest BCUT2D eigenvalue weighted by Gasteiger charge is 2.21. The maximum atomic E-state index is 12.3. The zero-order chi connectivity index (χ0) is 29.2. The number of anilines is 1. The Balaban J connectivity index is 1.06. The van der Waals surface area contributed by atoms with Crippen molar-refractivity contribution < 1.29 is 18.7 Å². The molecule has 234 valence electrons. The first kappa shape index (κ1) is 34.3. The van der Waals surface area contributed by atoms with Crippen molar-refractivity contribution in [2.45, 2.75) is 129 Å². The first-order valence-corrected chi connectivity index (χ1v) is 18.9. The van der Waals surface area contributed by atoms with Gasteiger partial charge in [-0.05, 0) is 37.2 Å². The van der Waals surface area contributed by atoms with Crippen molar-refractivity contribution in [1.29, 1.82) is 0 Å². The largest absolute Gasteiger partial charge is 0.382 e. The van der Waals surface area contributed by atoms with Gasteiger partial charge in [-0.25, -0.2) is 15.0 Å². The number of nitrogens with zero attached hydrogens (tertiary/aromatic N) is 4. The molecule has 2 aromatic rings. The molecule has 2 heterocycles. The number of ether oxygens (including phenoxy) is 1. The molecule has 9 nitrogen and oxygen atoms in total. The first-order valence-electron chi connectivity index (χ1n) is 16.0. The molecule has 0 saturated heterocycles. The number of aromatic nitrogens is 4. The van der Waals surface area contributed by atoms with Crippen LogP contribution in [-0.4, -0.2) is 55.0 Å². The molecule has 1 unspecified atom stereocenters. The van der Waals surface area contributed by atoms with Gasteiger partial charge in [0.25, 0.3) is 0 Å². The second kappa shape index (κ2) is 19.9. The zero-order valence-corrected chi connectivity index (χ0v) is 27.0. The van der Waals surface area contributed by atoms with E-state index in [0.717, 1.165) is 23.8 Å². The van der Waals surface area contributed by atoms with Crippen LogP contribution in [-0.2, 0) is 20.4 Å². The highest BCUT2D eigenvalue weighted by atomic mass is 32.2. The summed E-state index contributed by atoms with van der Waals surface area (Å²) in [5, 5.41) is 0. The third-order valence-electron chi connectivity index (χ3n) is 8.01. The molecule has 41 heavy (non-hydrogen) atoms. The lowest BCUT2D eigenvalue weighted by molar-refractivity contribution is 0.0718. The standard InChI is InChI=1S/C30H54N5O4PS/c1-26(22-35-24-34-28-29(31)32-23-33-30(28)35)38-25-40(36,37)39-19-15-21-41-20-14-10-8-6-4-2-3-5-7-9-11-16-27-17-12-13-18-27/h23-24,26-27H,2-22,25H2,1H3,(H,36,37)(H2,31,32,33)/t26-/m1/s1. The molecular weight excluding hydrogens is 557 g/mol. The van der Waals surface area contributed by atoms with Crippen molar-refractivity contribution in [2.75, 3.05) is 30.2 Å². The van der Waals surface area contributed by atoms with Crippen LogP contribution in [0, 0.1) is 5.92 Å². The number of unbranched alkanes of at least 4 members (excludes halogenated alkanes) is 10. The summed E-state index contributed by atoms with van der Waals surface area (Å²) in [6, 6.07) is 0. The number of thioether (sulfide) groups is 1. The molecule has 2 aromatic heterocycles. The van der Waals surface area contributed by atoms with Gasteiger partial charge in [-0.3, -0.25) is 4.57 Å². The van der Waals surface area contributed by atoms with E-state index in [9.17, 15) is 9.46 Å². The molecule has 2 atom stereocenters. The van der Waals surface area contributed by atoms with Gasteiger partial charge in [-0.1, -0.05) is 96.3 Å². The van der Waals surface area contributed by atoms with E-state index in [-0.39, 0.29) is 19.1 Å². The molecule has 11 heteroatoms. The Bertz CT molecular complexity index is 1020. The number of rotatable bonds is 24. The molecule has 1 aliphatic carbocycles. The highest BCUT2D eigenvalue weighted by Crippen LogP contribution is 2.42. The second-order valence-corrected chi connectivity index (χ2v) is 14.7. The molecule has 1 aliphatic rings. The summed E-state index contributed by atoms with van der Waals surface area (Å²) in [4.78, 5) is 22.5. The summed E-state index contributed by atoms with van der Waals surface area (Å²) in [5.74, 6) is 3.48. The maximum Gasteiger partial charge on any atom is 0.353 e. The molecule has 0 amide bonds. The molecule has 0 radical (unpaired) electrons. The molecule has 3 N–H and O–H groups in total. The average molecular weight is 612 g/mol. The van der Waals surface area contributed by atoms with E-state index < -0.39 is 7.60 Å². The molecule has 0 bridgehead atoms. The summed E-state index contributed by atoms with van der Waals surface area (Å²) in [5.41, 5.74) is 6.96. The van der Waals surface area contributed by atoms with Gasteiger partial charge in [0.1, 0.15) is 18.2 Å². The topological polar surface area (TPSA) is 125 Å². The fourth-order valence-corrected chi connectivity index (χ4v) is 7.48. The van der Waals surface area contributed by atoms with E-state index in [0.29, 0.717) is 23.5 Å². The lowest BCUT2D eigenvalue weighted by Gasteiger charge is -2.17. The predicted octanol–water partition coefficient (Wildman–Crippen LogP) is 7.97. The summed E-state index contributed by atoms with van der Waals surface area (Å²) >= 11 is 1.90. The van der Waals surface area contributed by atoms with Gasteiger partial charge in [0, 0.05) is 0 Å². The molecule has 3 rings (SSSR count). The van der Waals surface area contributed by atoms with Gasteiger partial charge in [0.05, 0.1) is 25.6 Å². The van der Waals surface area contributed by atoms with Gasteiger partial charge in [0.2, 0.25) is 0 Å². The number of nitrogens with two attached hydrogens (primary N) is 1. The Labute approximate surface area is 251 Å². The number of imidazole rings is 1. The third-order valence-corrected chi connectivity index (χ3v) is 10.2. The van der Waals surface area contributed by atoms with Crippen molar-refractivity contribution in [2.24, 2.45) is 5.92 Å². The van der Waals surface area contributed by atoms with Crippen LogP contribution in [0.2, 0.25) is 0 Å². The number of hydrogen-bond acceptors (Lipinski definition) is 8. The minimum absolute atomic E-state index is 0.265. The number of nitrogen functional groups attached to an aromatic ring is 1. The summed E-state index contributed by atoms with van der Waals surface area (Å²) in [6.07, 6.45) is 25.8. The fourth-order valence-electron chi connectivity index (χ4n) is 5.62. The van der Waals surface area contributed by atoms with E-state index in [1.165, 1.54) is 109 Å². The van der Waals surface area contributed by atoms with Crippen LogP contribution >= 0.6 is 19.4 Å². The molecule has 1 saturated carbocycles. The Morgan fingerprint density at radius 2 is 1.61 bits per heavy atom. The van der Waals surface area contributed by atoms with Crippen molar-refractivity contribution in [3.63, 3.8) is 0 Å². The van der Waals surface area contributed by atoms with Crippen LogP contribution in [0.4, 0.5) is 5.82 Å². The van der Waals surface area contributed by atoms with Crippen molar-refractivity contribution >= 4 is 36.3 Å². The third kappa shape index (κ3) is 14.2. The van der Waals surface area contributed by atoms with Gasteiger partial charge < -0.3 is 24.5 Å². The van der Waals surface area contributed by atoms with Gasteiger partial charge >= 0.3 is 7.60 Å². The molecule has 0 spiro atoms. The average Bonchev–Trinajstić information content (AvgIpc) is 3.62. The Hall–Kier alpha value is -1.19. The Kier molecular flexibility index (Phi) is 16.6. The van der Waals surface area contributed by atoms with Crippen molar-refractivity contribution in [3.05, 3.63) is 12.7 Å². The van der Waals surface area contributed by atoms with E-state index >= 15 is 0 Å². The monoisotopic (exact) mass is 611 g/mol. The first-order chi connectivity index (χ1) is 19.9. The van der Waals surface area contributed by atoms with Gasteiger partial charge in [-0.2, -0.15) is 11.8 Å². The Morgan fingerprint density at radius 3 is 2.32 bits per heavy atom. The quantitative estimate of drug-likeness (QED) is 0.0898. The van der Waals surface area contributed by atoms with Crippen LogP contribution in [0.3, 0.4) is 0 Å². The zero-order valence-electron chi connectivity index (χ0n) is 25.3. The van der Waals surface area contributed by atoms with Crippen LogP contribution in [0.25, 0.3) is 11.2 Å². The van der Waals surface area contributed by atoms with Crippen LogP contribution in [0.15, 0.2) is 12.7 Å². The minimum Gasteiger partial charge on any atom is -0.382 e. The van der Waals surface area contributed by atoms with E-state index in [2.05, 4.69) is 15.0 Å². The second-order valence-electron chi connectivity index (χ2n) is 11.7. The maximum absolute atomic E-state index is 12.3. The smallest absolute Gasteiger partial charge is 0.353 e. The predicted molar refractivity (Wildman–Crippen MR) is 170 cm³/mol. The molecule has 0 aromatic carbocycles. The lowest BCUT2D eigenvalue weighted by atomic mass is 9.99. The Morgan fingerprint density at radius 1 is 0.976 bits per heavy atom. The summed E-state index contributed by atoms with van der Waals surface area (Å²) < 4.78 is 25.0. The number of hydrogen-bond donors (Lipinski definition) is 2. The van der Waals surface area contributed by atoms with E-state index in [1.807, 2.05) is 18.7 Å². The fraction of sp³-hybridized carbons (Fsp3) is 0.833. The van der Waals surface area contributed by atoms with Crippen LogP contribution in [0.1, 0.15) is 116 Å². The lowest BCUT2D eigenvalue weighted by Crippen LogP contribution is -2.17. The minimum atomic E-state index is -3.79. The SMILES string of the molecule is C[C@H](Cn1cnc2c(N)ncnc21)OCP(=O)(O)OCCCSCCCCCCCCCCCCCC1CCCC1. The normalized spacial score (nSPS) is 16.4. The van der Waals surface area contributed by atoms with Crippen molar-refractivity contribution in [1.82, 2.24) is 19.5 Å². The van der Waals surface area contributed by atoms with E-state index in [1.54, 1.807) is 10.9 Å². The summed E-state index contributed by atoms with van der Waals surface area (Å²) in [6.45, 7) is 2.51.